The average Bonchev–Trinajstić information content (AvgIpc) is 3.36. The Balaban J connectivity index is 0.000000204. The number of halogens is 1. The van der Waals surface area contributed by atoms with Crippen molar-refractivity contribution in [1.82, 2.24) is 9.97 Å². The third kappa shape index (κ3) is 7.60. The van der Waals surface area contributed by atoms with Gasteiger partial charge < -0.3 is 9.97 Å². The van der Waals surface area contributed by atoms with E-state index in [9.17, 15) is 4.39 Å². The topological polar surface area (TPSA) is 25.8 Å². The molecule has 0 N–H and O–H groups in total. The predicted molar refractivity (Wildman–Crippen MR) is 185 cm³/mol. The molecule has 0 bridgehead atoms. The fourth-order valence-electron chi connectivity index (χ4n) is 5.32. The first-order chi connectivity index (χ1) is 20.8. The zero-order valence-corrected chi connectivity index (χ0v) is 30.6. The minimum absolute atomic E-state index is 0. The monoisotopic (exact) mass is 796 g/mol. The summed E-state index contributed by atoms with van der Waals surface area (Å²) in [7, 11) is -1.34. The van der Waals surface area contributed by atoms with E-state index in [0.717, 1.165) is 33.3 Å². The number of fused-ring (bicyclic) bond motifs is 3. The molecule has 0 aliphatic heterocycles. The SMILES string of the molecule is CC(C)Cc1cc(-c2[c-]cccc2)ncc1[Si](C)(C)C.[2H]C(C)(C)c1cc(-c2[c-]ccc3c2sc2ccccc23)ncc1F.[Ir]. The summed E-state index contributed by atoms with van der Waals surface area (Å²) >= 11 is 1.69. The van der Waals surface area contributed by atoms with E-state index in [1.54, 1.807) is 31.3 Å². The van der Waals surface area contributed by atoms with Gasteiger partial charge in [0.2, 0.25) is 0 Å². The third-order valence-corrected chi connectivity index (χ3v) is 10.7. The standard InChI is InChI=1S/C20H15FNS.C18H24NSi.Ir/c1-12(2)16-10-18(22-11-17(16)21)15-8-5-7-14-13-6-3-4-9-19(13)23-20(14)15;1-14(2)11-16-12-17(15-9-7-6-8-10-15)19-13-18(16)20(3,4)5;/h3-7,9-12H,1-2H3;6-9,12-14H,11H2,1-5H3;/q2*-1;/i12D;;. The van der Waals surface area contributed by atoms with E-state index in [2.05, 4.69) is 92.1 Å². The third-order valence-electron chi connectivity index (χ3n) is 7.40. The van der Waals surface area contributed by atoms with Gasteiger partial charge in [0.15, 0.2) is 0 Å². The number of benzene rings is 3. The Kier molecular flexibility index (Phi) is 10.6. The summed E-state index contributed by atoms with van der Waals surface area (Å²) in [5, 5.41) is 3.85. The molecule has 44 heavy (non-hydrogen) atoms. The van der Waals surface area contributed by atoms with Crippen molar-refractivity contribution in [1.29, 1.82) is 0 Å². The smallest absolute Gasteiger partial charge is 0.143 e. The summed E-state index contributed by atoms with van der Waals surface area (Å²) in [5.41, 5.74) is 5.46. The molecule has 6 aromatic rings. The van der Waals surface area contributed by atoms with E-state index >= 15 is 0 Å². The number of pyridine rings is 2. The molecule has 0 aliphatic rings. The minimum Gasteiger partial charge on any atom is -0.305 e. The maximum absolute atomic E-state index is 14.1. The van der Waals surface area contributed by atoms with Crippen LogP contribution in [0.25, 0.3) is 42.7 Å². The van der Waals surface area contributed by atoms with Crippen molar-refractivity contribution >= 4 is 44.8 Å². The molecule has 3 aromatic heterocycles. The molecule has 0 spiro atoms. The van der Waals surface area contributed by atoms with Gasteiger partial charge in [0.1, 0.15) is 5.82 Å². The molecule has 6 heteroatoms. The molecule has 0 aliphatic carbocycles. The molecule has 0 amide bonds. The van der Waals surface area contributed by atoms with Gasteiger partial charge in [-0.25, -0.2) is 4.39 Å². The quantitative estimate of drug-likeness (QED) is 0.124. The van der Waals surface area contributed by atoms with Gasteiger partial charge in [-0.1, -0.05) is 88.6 Å². The Bertz CT molecular complexity index is 1910. The molecule has 0 fully saturated rings. The van der Waals surface area contributed by atoms with Gasteiger partial charge in [-0.2, -0.15) is 11.3 Å². The van der Waals surface area contributed by atoms with E-state index in [4.69, 9.17) is 1.37 Å². The molecule has 6 rings (SSSR count). The Morgan fingerprint density at radius 3 is 2.27 bits per heavy atom. The van der Waals surface area contributed by atoms with Crippen LogP contribution in [0.2, 0.25) is 19.6 Å². The fourth-order valence-corrected chi connectivity index (χ4v) is 8.12. The summed E-state index contributed by atoms with van der Waals surface area (Å²) < 4.78 is 24.5. The van der Waals surface area contributed by atoms with Crippen LogP contribution in [0.15, 0.2) is 85.2 Å². The van der Waals surface area contributed by atoms with Gasteiger partial charge in [0.05, 0.1) is 14.3 Å². The Hall–Kier alpha value is -3.02. The average molecular weight is 796 g/mol. The maximum atomic E-state index is 14.1. The van der Waals surface area contributed by atoms with Crippen LogP contribution in [0.3, 0.4) is 0 Å². The van der Waals surface area contributed by atoms with Crippen LogP contribution in [0.1, 0.15) is 46.1 Å². The largest absolute Gasteiger partial charge is 0.305 e. The molecule has 0 saturated carbocycles. The first-order valence-corrected chi connectivity index (χ1v) is 19.1. The van der Waals surface area contributed by atoms with E-state index in [1.165, 1.54) is 27.0 Å². The Morgan fingerprint density at radius 1 is 0.864 bits per heavy atom. The van der Waals surface area contributed by atoms with Crippen molar-refractivity contribution in [2.24, 2.45) is 5.92 Å². The van der Waals surface area contributed by atoms with Crippen LogP contribution in [-0.4, -0.2) is 18.0 Å². The number of thiophene rings is 1. The summed E-state index contributed by atoms with van der Waals surface area (Å²) in [6.07, 6.45) is 4.45. The Labute approximate surface area is 281 Å². The molecule has 3 heterocycles. The zero-order chi connectivity index (χ0) is 31.6. The molecule has 229 valence electrons. The summed E-state index contributed by atoms with van der Waals surface area (Å²) in [6.45, 7) is 15.1. The molecule has 2 nitrogen and oxygen atoms in total. The van der Waals surface area contributed by atoms with Crippen molar-refractivity contribution in [3.63, 3.8) is 0 Å². The van der Waals surface area contributed by atoms with Crippen molar-refractivity contribution in [3.8, 4) is 22.5 Å². The van der Waals surface area contributed by atoms with E-state index in [0.29, 0.717) is 17.2 Å². The van der Waals surface area contributed by atoms with Crippen LogP contribution < -0.4 is 5.19 Å². The molecule has 0 unspecified atom stereocenters. The first kappa shape index (κ1) is 32.4. The fraction of sp³-hybridized carbons (Fsp3) is 0.263. The van der Waals surface area contributed by atoms with E-state index in [1.807, 2.05) is 36.4 Å². The number of aromatic nitrogens is 2. The second kappa shape index (κ2) is 14.4. The van der Waals surface area contributed by atoms with Gasteiger partial charge >= 0.3 is 0 Å². The molecule has 1 radical (unpaired) electrons. The second-order valence-electron chi connectivity index (χ2n) is 12.6. The van der Waals surface area contributed by atoms with Gasteiger partial charge in [0, 0.05) is 32.4 Å². The van der Waals surface area contributed by atoms with Gasteiger partial charge in [0.25, 0.3) is 0 Å². The first-order valence-electron chi connectivity index (χ1n) is 15.3. The zero-order valence-electron chi connectivity index (χ0n) is 27.4. The summed E-state index contributed by atoms with van der Waals surface area (Å²) in [6, 6.07) is 30.7. The Morgan fingerprint density at radius 2 is 1.59 bits per heavy atom. The van der Waals surface area contributed by atoms with Crippen molar-refractivity contribution in [2.75, 3.05) is 0 Å². The molecule has 0 atom stereocenters. The van der Waals surface area contributed by atoms with Crippen molar-refractivity contribution in [2.45, 2.75) is 59.7 Å². The van der Waals surface area contributed by atoms with Crippen molar-refractivity contribution < 1.29 is 25.9 Å². The number of hydrogen-bond acceptors (Lipinski definition) is 3. The molecule has 0 saturated heterocycles. The number of rotatable bonds is 6. The predicted octanol–water partition coefficient (Wildman–Crippen LogP) is 10.5. The van der Waals surface area contributed by atoms with Gasteiger partial charge in [-0.3, -0.25) is 0 Å². The van der Waals surface area contributed by atoms with Crippen molar-refractivity contribution in [3.05, 3.63) is 114 Å². The van der Waals surface area contributed by atoms with Crippen LogP contribution in [-0.2, 0) is 26.5 Å². The summed E-state index contributed by atoms with van der Waals surface area (Å²) in [4.78, 5) is 8.95. The van der Waals surface area contributed by atoms with Crippen LogP contribution in [0.5, 0.6) is 0 Å². The van der Waals surface area contributed by atoms with Crippen LogP contribution in [0, 0.1) is 23.9 Å². The van der Waals surface area contributed by atoms with Gasteiger partial charge in [-0.05, 0) is 56.5 Å². The molecule has 3 aromatic carbocycles. The van der Waals surface area contributed by atoms with E-state index < -0.39 is 19.8 Å². The number of nitrogens with zero attached hydrogens (tertiary/aromatic N) is 2. The number of hydrogen-bond donors (Lipinski definition) is 0. The maximum Gasteiger partial charge on any atom is 0.143 e. The van der Waals surface area contributed by atoms with E-state index in [-0.39, 0.29) is 20.1 Å². The van der Waals surface area contributed by atoms with Gasteiger partial charge in [-0.15, -0.1) is 59.7 Å². The second-order valence-corrected chi connectivity index (χ2v) is 18.7. The molecular weight excluding hydrogens is 756 g/mol. The molecular formula is C38H39FIrN2SSi-2. The van der Waals surface area contributed by atoms with Crippen LogP contribution in [0.4, 0.5) is 4.39 Å². The summed E-state index contributed by atoms with van der Waals surface area (Å²) in [5.74, 6) is -0.794. The van der Waals surface area contributed by atoms with Crippen LogP contribution >= 0.6 is 11.3 Å². The normalized spacial score (nSPS) is 12.1. The minimum atomic E-state index is -1.34.